The Kier molecular flexibility index (Phi) is 7.35. The Labute approximate surface area is 196 Å². The molecule has 0 saturated heterocycles. The first-order valence-corrected chi connectivity index (χ1v) is 11.2. The van der Waals surface area contributed by atoms with Crippen LogP contribution in [0.15, 0.2) is 65.1 Å². The van der Waals surface area contributed by atoms with E-state index in [9.17, 15) is 9.59 Å². The number of urea groups is 1. The van der Waals surface area contributed by atoms with Crippen molar-refractivity contribution in [3.05, 3.63) is 70.8 Å². The van der Waals surface area contributed by atoms with Gasteiger partial charge in [-0.15, -0.1) is 0 Å². The van der Waals surface area contributed by atoms with E-state index >= 15 is 0 Å². The average Bonchev–Trinajstić information content (AvgIpc) is 3.18. The van der Waals surface area contributed by atoms with Gasteiger partial charge in [-0.1, -0.05) is 51.1 Å². The molecule has 0 aliphatic carbocycles. The number of nitrogens with zero attached hydrogens (tertiary/aromatic N) is 3. The van der Waals surface area contributed by atoms with Crippen molar-refractivity contribution in [2.75, 3.05) is 23.7 Å². The predicted octanol–water partition coefficient (Wildman–Crippen LogP) is 5.42. The lowest BCUT2D eigenvalue weighted by molar-refractivity contribution is -0.116. The van der Waals surface area contributed by atoms with Crippen molar-refractivity contribution in [3.63, 3.8) is 0 Å². The number of likely N-dealkylation sites (N-methyl/N-ethyl adjacent to an activating group) is 1. The summed E-state index contributed by atoms with van der Waals surface area (Å²) in [5, 5.41) is 10.5. The van der Waals surface area contributed by atoms with Gasteiger partial charge in [0.1, 0.15) is 12.4 Å². The van der Waals surface area contributed by atoms with Gasteiger partial charge in [-0.25, -0.2) is 9.48 Å². The van der Waals surface area contributed by atoms with Crippen LogP contribution in [0.5, 0.6) is 0 Å². The fourth-order valence-corrected chi connectivity index (χ4v) is 3.43. The summed E-state index contributed by atoms with van der Waals surface area (Å²) in [6, 6.07) is 18.5. The predicted molar refractivity (Wildman–Crippen MR) is 131 cm³/mol. The lowest BCUT2D eigenvalue weighted by atomic mass is 9.92. The van der Waals surface area contributed by atoms with Crippen molar-refractivity contribution in [3.8, 4) is 5.69 Å². The average molecular weight is 498 g/mol. The number of para-hydroxylation sites is 2. The van der Waals surface area contributed by atoms with Crippen LogP contribution in [0, 0.1) is 0 Å². The topological polar surface area (TPSA) is 79.3 Å². The van der Waals surface area contributed by atoms with Gasteiger partial charge in [0.25, 0.3) is 0 Å². The largest absolute Gasteiger partial charge is 0.322 e. The number of halogens is 1. The maximum Gasteiger partial charge on any atom is 0.322 e. The zero-order valence-electron chi connectivity index (χ0n) is 18.7. The molecule has 0 radical (unpaired) electrons. The Bertz CT molecular complexity index is 1090. The quantitative estimate of drug-likeness (QED) is 0.476. The van der Waals surface area contributed by atoms with Crippen LogP contribution in [0.25, 0.3) is 5.69 Å². The SMILES string of the molecule is CCN(CC(=O)Nc1cc(C(C)(C)C)nn1-c1ccccc1)C(=O)Nc1ccccc1Br. The van der Waals surface area contributed by atoms with Crippen LogP contribution in [-0.4, -0.2) is 39.7 Å². The minimum Gasteiger partial charge on any atom is -0.315 e. The molecule has 3 rings (SSSR count). The molecule has 168 valence electrons. The Hall–Kier alpha value is -3.13. The molecule has 3 aromatic rings. The van der Waals surface area contributed by atoms with E-state index in [4.69, 9.17) is 5.10 Å². The highest BCUT2D eigenvalue weighted by atomic mass is 79.9. The fourth-order valence-electron chi connectivity index (χ4n) is 3.04. The highest BCUT2D eigenvalue weighted by Gasteiger charge is 2.23. The fraction of sp³-hybridized carbons (Fsp3) is 0.292. The Balaban J connectivity index is 1.76. The number of anilines is 2. The number of carbonyl (C=O) groups is 2. The zero-order chi connectivity index (χ0) is 23.3. The summed E-state index contributed by atoms with van der Waals surface area (Å²) >= 11 is 3.42. The molecule has 8 heteroatoms. The molecule has 0 atom stereocenters. The van der Waals surface area contributed by atoms with E-state index in [1.165, 1.54) is 4.90 Å². The van der Waals surface area contributed by atoms with E-state index in [0.29, 0.717) is 18.1 Å². The second-order valence-electron chi connectivity index (χ2n) is 8.38. The molecule has 7 nitrogen and oxygen atoms in total. The second-order valence-corrected chi connectivity index (χ2v) is 9.24. The van der Waals surface area contributed by atoms with E-state index in [0.717, 1.165) is 15.9 Å². The van der Waals surface area contributed by atoms with E-state index in [1.54, 1.807) is 10.7 Å². The Morgan fingerprint density at radius 1 is 1.03 bits per heavy atom. The molecular weight excluding hydrogens is 470 g/mol. The summed E-state index contributed by atoms with van der Waals surface area (Å²) in [5.74, 6) is 0.264. The molecule has 0 saturated carbocycles. The number of amides is 3. The lowest BCUT2D eigenvalue weighted by Crippen LogP contribution is -2.40. The minimum absolute atomic E-state index is 0.0857. The number of rotatable bonds is 6. The van der Waals surface area contributed by atoms with Crippen LogP contribution >= 0.6 is 15.9 Å². The number of aromatic nitrogens is 2. The third-order valence-corrected chi connectivity index (χ3v) is 5.56. The van der Waals surface area contributed by atoms with Crippen molar-refractivity contribution in [2.24, 2.45) is 0 Å². The van der Waals surface area contributed by atoms with Gasteiger partial charge < -0.3 is 15.5 Å². The van der Waals surface area contributed by atoms with Gasteiger partial charge in [0.05, 0.1) is 17.1 Å². The number of carbonyl (C=O) groups excluding carboxylic acids is 2. The van der Waals surface area contributed by atoms with Crippen molar-refractivity contribution >= 4 is 39.4 Å². The molecule has 0 unspecified atom stereocenters. The molecule has 0 bridgehead atoms. The molecule has 0 aliphatic heterocycles. The van der Waals surface area contributed by atoms with Crippen LogP contribution in [0.3, 0.4) is 0 Å². The number of hydrogen-bond acceptors (Lipinski definition) is 3. The lowest BCUT2D eigenvalue weighted by Gasteiger charge is -2.21. The van der Waals surface area contributed by atoms with Crippen molar-refractivity contribution in [2.45, 2.75) is 33.1 Å². The molecule has 1 heterocycles. The van der Waals surface area contributed by atoms with E-state index < -0.39 is 0 Å². The molecule has 2 N–H and O–H groups in total. The van der Waals surface area contributed by atoms with Crippen LogP contribution in [-0.2, 0) is 10.2 Å². The van der Waals surface area contributed by atoms with Crippen molar-refractivity contribution in [1.82, 2.24) is 14.7 Å². The van der Waals surface area contributed by atoms with Crippen LogP contribution in [0.1, 0.15) is 33.4 Å². The summed E-state index contributed by atoms with van der Waals surface area (Å²) in [7, 11) is 0. The molecule has 32 heavy (non-hydrogen) atoms. The first kappa shape index (κ1) is 23.5. The molecule has 0 fully saturated rings. The number of hydrogen-bond donors (Lipinski definition) is 2. The summed E-state index contributed by atoms with van der Waals surface area (Å²) in [4.78, 5) is 27.0. The molecule has 2 aromatic carbocycles. The van der Waals surface area contributed by atoms with Crippen LogP contribution in [0.2, 0.25) is 0 Å². The van der Waals surface area contributed by atoms with E-state index in [-0.39, 0.29) is 23.9 Å². The number of benzene rings is 2. The summed E-state index contributed by atoms with van der Waals surface area (Å²) in [5.41, 5.74) is 2.17. The smallest absolute Gasteiger partial charge is 0.315 e. The Morgan fingerprint density at radius 2 is 1.69 bits per heavy atom. The normalized spacial score (nSPS) is 11.2. The van der Waals surface area contributed by atoms with E-state index in [2.05, 4.69) is 47.3 Å². The molecule has 0 aliphatic rings. The van der Waals surface area contributed by atoms with Gasteiger partial charge in [-0.05, 0) is 47.1 Å². The Morgan fingerprint density at radius 3 is 2.31 bits per heavy atom. The molecule has 0 spiro atoms. The third-order valence-electron chi connectivity index (χ3n) is 4.86. The van der Waals surface area contributed by atoms with Gasteiger partial charge in [0.15, 0.2) is 0 Å². The minimum atomic E-state index is -0.346. The van der Waals surface area contributed by atoms with Crippen LogP contribution < -0.4 is 10.6 Å². The van der Waals surface area contributed by atoms with Gasteiger partial charge in [-0.3, -0.25) is 4.79 Å². The zero-order valence-corrected chi connectivity index (χ0v) is 20.3. The van der Waals surface area contributed by atoms with Crippen molar-refractivity contribution in [1.29, 1.82) is 0 Å². The van der Waals surface area contributed by atoms with Crippen molar-refractivity contribution < 1.29 is 9.59 Å². The molecule has 1 aromatic heterocycles. The van der Waals surface area contributed by atoms with Gasteiger partial charge in [-0.2, -0.15) is 5.10 Å². The highest BCUT2D eigenvalue weighted by molar-refractivity contribution is 9.10. The molecular formula is C24H28BrN5O2. The first-order chi connectivity index (χ1) is 15.2. The van der Waals surface area contributed by atoms with E-state index in [1.807, 2.05) is 61.5 Å². The van der Waals surface area contributed by atoms with Gasteiger partial charge in [0.2, 0.25) is 5.91 Å². The van der Waals surface area contributed by atoms with Gasteiger partial charge in [0, 0.05) is 22.5 Å². The second kappa shape index (κ2) is 9.99. The van der Waals surface area contributed by atoms with Gasteiger partial charge >= 0.3 is 6.03 Å². The summed E-state index contributed by atoms with van der Waals surface area (Å²) in [6.07, 6.45) is 0. The molecule has 3 amide bonds. The monoisotopic (exact) mass is 497 g/mol. The first-order valence-electron chi connectivity index (χ1n) is 10.5. The van der Waals surface area contributed by atoms with Crippen LogP contribution in [0.4, 0.5) is 16.3 Å². The number of nitrogens with one attached hydrogen (secondary N) is 2. The summed E-state index contributed by atoms with van der Waals surface area (Å²) < 4.78 is 2.49. The summed E-state index contributed by atoms with van der Waals surface area (Å²) in [6.45, 7) is 8.34. The maximum absolute atomic E-state index is 12.9. The highest BCUT2D eigenvalue weighted by Crippen LogP contribution is 2.26. The third kappa shape index (κ3) is 5.76. The standard InChI is InChI=1S/C24H28BrN5O2/c1-5-29(23(32)26-19-14-10-9-13-18(19)25)16-22(31)27-21-15-20(24(2,3)4)28-30(21)17-11-7-6-8-12-17/h6-15H,5,16H2,1-4H3,(H,26,32)(H,27,31). The maximum atomic E-state index is 12.9.